The van der Waals surface area contributed by atoms with E-state index in [1.54, 1.807) is 4.90 Å². The summed E-state index contributed by atoms with van der Waals surface area (Å²) < 4.78 is 5.32. The fourth-order valence-electron chi connectivity index (χ4n) is 2.62. The van der Waals surface area contributed by atoms with Gasteiger partial charge in [-0.1, -0.05) is 6.92 Å². The first-order valence-electron chi connectivity index (χ1n) is 6.73. The van der Waals surface area contributed by atoms with Crippen molar-refractivity contribution >= 4 is 11.8 Å². The first-order valence-corrected chi connectivity index (χ1v) is 6.73. The van der Waals surface area contributed by atoms with Crippen LogP contribution < -0.4 is 5.32 Å². The highest BCUT2D eigenvalue weighted by molar-refractivity contribution is 5.97. The molecule has 0 aromatic heterocycles. The molecule has 18 heavy (non-hydrogen) atoms. The molecule has 0 spiro atoms. The van der Waals surface area contributed by atoms with Crippen molar-refractivity contribution < 1.29 is 14.3 Å². The Morgan fingerprint density at radius 1 is 1.39 bits per heavy atom. The van der Waals surface area contributed by atoms with Gasteiger partial charge in [-0.3, -0.25) is 9.59 Å². The lowest BCUT2D eigenvalue weighted by molar-refractivity contribution is -0.150. The molecule has 2 amide bonds. The number of piperazine rings is 1. The minimum absolute atomic E-state index is 0.0500. The van der Waals surface area contributed by atoms with Gasteiger partial charge in [0.2, 0.25) is 11.8 Å². The summed E-state index contributed by atoms with van der Waals surface area (Å²) >= 11 is 0. The maximum Gasteiger partial charge on any atom is 0.248 e. The Morgan fingerprint density at radius 3 is 2.67 bits per heavy atom. The zero-order valence-electron chi connectivity index (χ0n) is 11.2. The van der Waals surface area contributed by atoms with E-state index < -0.39 is 5.54 Å². The van der Waals surface area contributed by atoms with E-state index in [0.717, 1.165) is 26.1 Å². The second-order valence-electron chi connectivity index (χ2n) is 5.48. The Balaban J connectivity index is 2.02. The summed E-state index contributed by atoms with van der Waals surface area (Å²) in [4.78, 5) is 25.8. The van der Waals surface area contributed by atoms with Gasteiger partial charge in [0.1, 0.15) is 5.54 Å². The summed E-state index contributed by atoms with van der Waals surface area (Å²) in [5.41, 5.74) is -0.722. The van der Waals surface area contributed by atoms with Gasteiger partial charge in [0, 0.05) is 19.8 Å². The zero-order valence-corrected chi connectivity index (χ0v) is 11.2. The summed E-state index contributed by atoms with van der Waals surface area (Å²) in [6.07, 6.45) is 2.59. The molecule has 2 fully saturated rings. The molecule has 2 aliphatic heterocycles. The van der Waals surface area contributed by atoms with Gasteiger partial charge in [0.15, 0.2) is 0 Å². The lowest BCUT2D eigenvalue weighted by Gasteiger charge is -2.41. The van der Waals surface area contributed by atoms with Crippen molar-refractivity contribution in [2.24, 2.45) is 5.92 Å². The van der Waals surface area contributed by atoms with Crippen LogP contribution in [-0.4, -0.2) is 48.6 Å². The van der Waals surface area contributed by atoms with Gasteiger partial charge in [0.05, 0.1) is 6.54 Å². The number of hydrogen-bond donors (Lipinski definition) is 1. The summed E-state index contributed by atoms with van der Waals surface area (Å²) in [6, 6.07) is 0. The summed E-state index contributed by atoms with van der Waals surface area (Å²) in [5, 5.41) is 2.80. The average molecular weight is 254 g/mol. The van der Waals surface area contributed by atoms with Crippen LogP contribution >= 0.6 is 0 Å². The number of carbonyl (C=O) groups is 2. The predicted molar refractivity (Wildman–Crippen MR) is 67.0 cm³/mol. The molecular weight excluding hydrogens is 232 g/mol. The highest BCUT2D eigenvalue weighted by Crippen LogP contribution is 2.22. The van der Waals surface area contributed by atoms with E-state index >= 15 is 0 Å². The van der Waals surface area contributed by atoms with Gasteiger partial charge >= 0.3 is 0 Å². The van der Waals surface area contributed by atoms with E-state index in [4.69, 9.17) is 4.74 Å². The summed E-state index contributed by atoms with van der Waals surface area (Å²) in [7, 11) is 0. The molecule has 102 valence electrons. The van der Waals surface area contributed by atoms with Crippen LogP contribution in [0, 0.1) is 5.92 Å². The molecule has 1 unspecified atom stereocenters. The van der Waals surface area contributed by atoms with Crippen LogP contribution in [0.15, 0.2) is 0 Å². The van der Waals surface area contributed by atoms with Crippen molar-refractivity contribution in [2.75, 3.05) is 26.3 Å². The average Bonchev–Trinajstić information content (AvgIpc) is 2.37. The topological polar surface area (TPSA) is 58.6 Å². The SMILES string of the molecule is CCC1(C)NC(=O)CN(CC2CCOCC2)C1=O. The van der Waals surface area contributed by atoms with Crippen molar-refractivity contribution in [3.05, 3.63) is 0 Å². The van der Waals surface area contributed by atoms with Crippen LogP contribution in [0.2, 0.25) is 0 Å². The van der Waals surface area contributed by atoms with Crippen LogP contribution in [0.4, 0.5) is 0 Å². The molecule has 5 nitrogen and oxygen atoms in total. The lowest BCUT2D eigenvalue weighted by Crippen LogP contribution is -2.65. The normalized spacial score (nSPS) is 30.4. The molecular formula is C13H22N2O3. The van der Waals surface area contributed by atoms with Gasteiger partial charge in [-0.25, -0.2) is 0 Å². The number of nitrogens with one attached hydrogen (secondary N) is 1. The minimum atomic E-state index is -0.722. The van der Waals surface area contributed by atoms with E-state index in [-0.39, 0.29) is 18.4 Å². The smallest absolute Gasteiger partial charge is 0.248 e. The van der Waals surface area contributed by atoms with E-state index in [1.165, 1.54) is 0 Å². The molecule has 2 heterocycles. The maximum atomic E-state index is 12.4. The summed E-state index contributed by atoms with van der Waals surface area (Å²) in [6.45, 7) is 6.16. The van der Waals surface area contributed by atoms with Crippen molar-refractivity contribution in [1.82, 2.24) is 10.2 Å². The molecule has 0 radical (unpaired) electrons. The maximum absolute atomic E-state index is 12.4. The Labute approximate surface area is 108 Å². The fraction of sp³-hybridized carbons (Fsp3) is 0.846. The third-order valence-electron chi connectivity index (χ3n) is 4.04. The molecule has 5 heteroatoms. The van der Waals surface area contributed by atoms with Crippen LogP contribution in [-0.2, 0) is 14.3 Å². The van der Waals surface area contributed by atoms with Crippen LogP contribution in [0.1, 0.15) is 33.1 Å². The van der Waals surface area contributed by atoms with Crippen LogP contribution in [0.3, 0.4) is 0 Å². The number of amides is 2. The molecule has 1 atom stereocenters. The number of carbonyl (C=O) groups excluding carboxylic acids is 2. The van der Waals surface area contributed by atoms with E-state index in [1.807, 2.05) is 13.8 Å². The Morgan fingerprint density at radius 2 is 2.06 bits per heavy atom. The second-order valence-corrected chi connectivity index (χ2v) is 5.48. The molecule has 0 aromatic carbocycles. The number of ether oxygens (including phenoxy) is 1. The highest BCUT2D eigenvalue weighted by Gasteiger charge is 2.41. The molecule has 2 rings (SSSR count). The first kappa shape index (κ1) is 13.3. The zero-order chi connectivity index (χ0) is 13.2. The molecule has 0 saturated carbocycles. The van der Waals surface area contributed by atoms with Crippen molar-refractivity contribution in [1.29, 1.82) is 0 Å². The van der Waals surface area contributed by atoms with E-state index in [2.05, 4.69) is 5.32 Å². The van der Waals surface area contributed by atoms with Gasteiger partial charge in [-0.05, 0) is 32.1 Å². The number of rotatable bonds is 3. The summed E-state index contributed by atoms with van der Waals surface area (Å²) in [5.74, 6) is 0.469. The Hall–Kier alpha value is -1.10. The minimum Gasteiger partial charge on any atom is -0.381 e. The van der Waals surface area contributed by atoms with E-state index in [9.17, 15) is 9.59 Å². The number of nitrogens with zero attached hydrogens (tertiary/aromatic N) is 1. The lowest BCUT2D eigenvalue weighted by atomic mass is 9.92. The molecule has 2 aliphatic rings. The van der Waals surface area contributed by atoms with Crippen molar-refractivity contribution in [3.63, 3.8) is 0 Å². The molecule has 2 saturated heterocycles. The fourth-order valence-corrected chi connectivity index (χ4v) is 2.62. The van der Waals surface area contributed by atoms with Gasteiger partial charge in [-0.2, -0.15) is 0 Å². The molecule has 1 N–H and O–H groups in total. The monoisotopic (exact) mass is 254 g/mol. The van der Waals surface area contributed by atoms with E-state index in [0.29, 0.717) is 18.9 Å². The van der Waals surface area contributed by atoms with Crippen LogP contribution in [0.25, 0.3) is 0 Å². The highest BCUT2D eigenvalue weighted by atomic mass is 16.5. The Bertz CT molecular complexity index is 339. The van der Waals surface area contributed by atoms with Gasteiger partial charge in [0.25, 0.3) is 0 Å². The largest absolute Gasteiger partial charge is 0.381 e. The van der Waals surface area contributed by atoms with Gasteiger partial charge < -0.3 is 15.0 Å². The molecule has 0 aromatic rings. The third-order valence-corrected chi connectivity index (χ3v) is 4.04. The number of hydrogen-bond acceptors (Lipinski definition) is 3. The first-order chi connectivity index (χ1) is 8.55. The molecule has 0 aliphatic carbocycles. The predicted octanol–water partition coefficient (Wildman–Crippen LogP) is 0.540. The van der Waals surface area contributed by atoms with Crippen molar-refractivity contribution in [3.8, 4) is 0 Å². The van der Waals surface area contributed by atoms with Gasteiger partial charge in [-0.15, -0.1) is 0 Å². The standard InChI is InChI=1S/C13H22N2O3/c1-3-13(2)12(17)15(9-11(16)14-13)8-10-4-6-18-7-5-10/h10H,3-9H2,1-2H3,(H,14,16). The molecule has 0 bridgehead atoms. The Kier molecular flexibility index (Phi) is 3.90. The third kappa shape index (κ3) is 2.66. The van der Waals surface area contributed by atoms with Crippen LogP contribution in [0.5, 0.6) is 0 Å². The van der Waals surface area contributed by atoms with Crippen molar-refractivity contribution in [2.45, 2.75) is 38.6 Å². The second kappa shape index (κ2) is 5.26. The quantitative estimate of drug-likeness (QED) is 0.799.